The molecule has 0 heterocycles. The molecule has 0 amide bonds. The van der Waals surface area contributed by atoms with Crippen molar-refractivity contribution in [1.82, 2.24) is 0 Å². The van der Waals surface area contributed by atoms with Crippen molar-refractivity contribution in [3.8, 4) is 0 Å². The highest BCUT2D eigenvalue weighted by Crippen LogP contribution is 2.33. The van der Waals surface area contributed by atoms with Gasteiger partial charge in [-0.2, -0.15) is 8.42 Å². The highest BCUT2D eigenvalue weighted by atomic mass is 32.2. The average Bonchev–Trinajstić information content (AvgIpc) is 2.15. The molecule has 0 bridgehead atoms. The van der Waals surface area contributed by atoms with E-state index in [0.717, 1.165) is 0 Å². The molecule has 0 aromatic carbocycles. The van der Waals surface area contributed by atoms with Gasteiger partial charge in [-0.15, -0.1) is 8.78 Å². The molecule has 0 aliphatic carbocycles. The van der Waals surface area contributed by atoms with Gasteiger partial charge in [0.1, 0.15) is 0 Å². The Labute approximate surface area is 102 Å². The lowest BCUT2D eigenvalue weighted by Gasteiger charge is -2.42. The third-order valence-corrected chi connectivity index (χ3v) is 3.65. The Morgan fingerprint density at radius 1 is 1.12 bits per heavy atom. The van der Waals surface area contributed by atoms with Crippen LogP contribution in [0.4, 0.5) is 8.78 Å². The van der Waals surface area contributed by atoms with Crippen molar-refractivity contribution in [3.63, 3.8) is 0 Å². The number of halogens is 2. The zero-order valence-corrected chi connectivity index (χ0v) is 11.4. The van der Waals surface area contributed by atoms with Crippen LogP contribution in [0.2, 0.25) is 0 Å². The Bertz CT molecular complexity index is 324. The minimum atomic E-state index is -4.43. The summed E-state index contributed by atoms with van der Waals surface area (Å²) in [7, 11) is -4.43. The summed E-state index contributed by atoms with van der Waals surface area (Å²) < 4.78 is 57.9. The molecule has 0 aliphatic rings. The number of hydrogen-bond donors (Lipinski definition) is 1. The lowest BCUT2D eigenvalue weighted by molar-refractivity contribution is -1.00. The third-order valence-electron chi connectivity index (χ3n) is 2.83. The van der Waals surface area contributed by atoms with Gasteiger partial charge < -0.3 is 0 Å². The fraction of sp³-hybridized carbons (Fsp3) is 1.00. The van der Waals surface area contributed by atoms with Crippen molar-refractivity contribution in [2.45, 2.75) is 46.1 Å². The predicted octanol–water partition coefficient (Wildman–Crippen LogP) is 2.47. The van der Waals surface area contributed by atoms with Gasteiger partial charge >= 0.3 is 16.2 Å². The number of nitrogens with zero attached hydrogens (tertiary/aromatic N) is 1. The van der Waals surface area contributed by atoms with E-state index in [4.69, 9.17) is 4.55 Å². The zero-order valence-electron chi connectivity index (χ0n) is 10.6. The number of rotatable bonds is 8. The smallest absolute Gasteiger partial charge is 0.281 e. The first-order chi connectivity index (χ1) is 7.64. The topological polar surface area (TPSA) is 54.4 Å². The number of alkyl halides is 2. The molecule has 0 aromatic heterocycles. The Hall–Kier alpha value is -0.270. The third kappa shape index (κ3) is 4.48. The van der Waals surface area contributed by atoms with E-state index >= 15 is 0 Å². The standard InChI is InChI=1S/C10H21F2NO3S/c1-4-7-13(8-5-2,9-17(14,15)16)10(11,12)6-3/h4-9H2,1-3H3/p+1. The van der Waals surface area contributed by atoms with Gasteiger partial charge in [-0.05, 0) is 12.8 Å². The lowest BCUT2D eigenvalue weighted by Crippen LogP contribution is -2.62. The van der Waals surface area contributed by atoms with Crippen LogP contribution >= 0.6 is 0 Å². The van der Waals surface area contributed by atoms with Crippen LogP contribution in [0.25, 0.3) is 0 Å². The second kappa shape index (κ2) is 6.06. The molecule has 0 atom stereocenters. The summed E-state index contributed by atoms with van der Waals surface area (Å²) in [5.74, 6) is -0.921. The van der Waals surface area contributed by atoms with E-state index in [1.165, 1.54) is 6.92 Å². The van der Waals surface area contributed by atoms with Crippen LogP contribution in [-0.2, 0) is 10.1 Å². The van der Waals surface area contributed by atoms with Crippen molar-refractivity contribution >= 4 is 10.1 Å². The highest BCUT2D eigenvalue weighted by molar-refractivity contribution is 7.85. The quantitative estimate of drug-likeness (QED) is 0.420. The Morgan fingerprint density at radius 2 is 1.53 bits per heavy atom. The second-order valence-corrected chi connectivity index (χ2v) is 5.74. The van der Waals surface area contributed by atoms with Crippen molar-refractivity contribution in [2.24, 2.45) is 0 Å². The summed E-state index contributed by atoms with van der Waals surface area (Å²) in [6, 6.07) is -3.14. The molecular formula is C10H22F2NO3S+. The molecule has 7 heteroatoms. The summed E-state index contributed by atoms with van der Waals surface area (Å²) in [4.78, 5) is 0. The summed E-state index contributed by atoms with van der Waals surface area (Å²) in [6.45, 7) is 4.84. The lowest BCUT2D eigenvalue weighted by atomic mass is 10.2. The maximum atomic E-state index is 14.0. The first-order valence-electron chi connectivity index (χ1n) is 5.83. The molecule has 0 radical (unpaired) electrons. The van der Waals surface area contributed by atoms with E-state index in [-0.39, 0.29) is 13.1 Å². The van der Waals surface area contributed by atoms with E-state index < -0.39 is 32.9 Å². The largest absolute Gasteiger partial charge is 0.391 e. The van der Waals surface area contributed by atoms with Crippen LogP contribution in [0.3, 0.4) is 0 Å². The Morgan fingerprint density at radius 3 is 1.76 bits per heavy atom. The Balaban J connectivity index is 5.41. The molecule has 17 heavy (non-hydrogen) atoms. The van der Waals surface area contributed by atoms with Gasteiger partial charge in [0.15, 0.2) is 0 Å². The van der Waals surface area contributed by atoms with E-state index in [2.05, 4.69) is 0 Å². The summed E-state index contributed by atoms with van der Waals surface area (Å²) >= 11 is 0. The van der Waals surface area contributed by atoms with Gasteiger partial charge in [0.25, 0.3) is 0 Å². The minimum absolute atomic E-state index is 0.0362. The van der Waals surface area contributed by atoms with Crippen LogP contribution < -0.4 is 0 Å². The molecule has 0 aliphatic heterocycles. The highest BCUT2D eigenvalue weighted by Gasteiger charge is 2.52. The van der Waals surface area contributed by atoms with Crippen LogP contribution in [-0.4, -0.2) is 42.5 Å². The average molecular weight is 274 g/mol. The van der Waals surface area contributed by atoms with Crippen molar-refractivity contribution in [3.05, 3.63) is 0 Å². The first kappa shape index (κ1) is 16.7. The monoisotopic (exact) mass is 274 g/mol. The summed E-state index contributed by atoms with van der Waals surface area (Å²) in [5, 5.41) is 0. The molecule has 104 valence electrons. The molecule has 0 aromatic rings. The maximum absolute atomic E-state index is 14.0. The Kier molecular flexibility index (Phi) is 5.96. The molecule has 0 unspecified atom stereocenters. The van der Waals surface area contributed by atoms with Crippen LogP contribution in [0, 0.1) is 0 Å². The van der Waals surface area contributed by atoms with E-state index in [9.17, 15) is 17.2 Å². The fourth-order valence-electron chi connectivity index (χ4n) is 2.17. The van der Waals surface area contributed by atoms with E-state index in [1.807, 2.05) is 0 Å². The maximum Gasteiger partial charge on any atom is 0.391 e. The van der Waals surface area contributed by atoms with Gasteiger partial charge in [0, 0.05) is 0 Å². The second-order valence-electron chi connectivity index (χ2n) is 4.32. The number of hydrogen-bond acceptors (Lipinski definition) is 2. The zero-order chi connectivity index (χ0) is 13.7. The minimum Gasteiger partial charge on any atom is -0.281 e. The van der Waals surface area contributed by atoms with Gasteiger partial charge in [-0.25, -0.2) is 4.48 Å². The molecule has 4 nitrogen and oxygen atoms in total. The SMILES string of the molecule is CCC[N+](CCC)(CS(=O)(=O)O)C(F)(F)CC. The van der Waals surface area contributed by atoms with Gasteiger partial charge in [0.05, 0.1) is 19.5 Å². The molecule has 0 spiro atoms. The van der Waals surface area contributed by atoms with Gasteiger partial charge in [0.2, 0.25) is 5.88 Å². The molecule has 0 saturated carbocycles. The molecular weight excluding hydrogens is 252 g/mol. The molecule has 0 fully saturated rings. The normalized spacial score (nSPS) is 14.0. The summed E-state index contributed by atoms with van der Waals surface area (Å²) in [5.41, 5.74) is 0. The van der Waals surface area contributed by atoms with Crippen molar-refractivity contribution in [2.75, 3.05) is 19.0 Å². The van der Waals surface area contributed by atoms with Gasteiger partial charge in [-0.3, -0.25) is 4.55 Å². The first-order valence-corrected chi connectivity index (χ1v) is 7.44. The van der Waals surface area contributed by atoms with Crippen LogP contribution in [0.15, 0.2) is 0 Å². The van der Waals surface area contributed by atoms with E-state index in [0.29, 0.717) is 12.8 Å². The predicted molar refractivity (Wildman–Crippen MR) is 62.2 cm³/mol. The van der Waals surface area contributed by atoms with Gasteiger partial charge in [-0.1, -0.05) is 20.8 Å². The van der Waals surface area contributed by atoms with Crippen molar-refractivity contribution in [1.29, 1.82) is 0 Å². The molecule has 0 rings (SSSR count). The molecule has 1 N–H and O–H groups in total. The van der Waals surface area contributed by atoms with E-state index in [1.54, 1.807) is 13.8 Å². The van der Waals surface area contributed by atoms with Crippen molar-refractivity contribution < 1.29 is 26.2 Å². The van der Waals surface area contributed by atoms with Crippen LogP contribution in [0.1, 0.15) is 40.0 Å². The molecule has 0 saturated heterocycles. The van der Waals surface area contributed by atoms with Crippen LogP contribution in [0.5, 0.6) is 0 Å². The number of quaternary nitrogens is 1. The fourth-order valence-corrected chi connectivity index (χ4v) is 3.24. The summed E-state index contributed by atoms with van der Waals surface area (Å²) in [6.07, 6.45) is 0.429.